The topological polar surface area (TPSA) is 30.7 Å². The summed E-state index contributed by atoms with van der Waals surface area (Å²) in [5.41, 5.74) is 4.27. The molecule has 0 aliphatic heterocycles. The van der Waals surface area contributed by atoms with Crippen LogP contribution in [0.1, 0.15) is 0 Å². The highest BCUT2D eigenvalue weighted by atomic mass is 32.1. The molecular weight excluding hydrogens is 362 g/mol. The largest absolute Gasteiger partial charge is 0.292 e. The maximum atomic E-state index is 4.58. The van der Waals surface area contributed by atoms with Crippen molar-refractivity contribution in [2.75, 3.05) is 0 Å². The van der Waals surface area contributed by atoms with Gasteiger partial charge >= 0.3 is 0 Å². The first kappa shape index (κ1) is 15.5. The first-order valence-electron chi connectivity index (χ1n) is 9.18. The van der Waals surface area contributed by atoms with Crippen molar-refractivity contribution >= 4 is 43.2 Å². The number of rotatable bonds is 2. The molecule has 0 spiro atoms. The Morgan fingerprint density at radius 1 is 0.679 bits per heavy atom. The number of aromatic nitrogens is 3. The minimum atomic E-state index is 0.835. The predicted octanol–water partition coefficient (Wildman–Crippen LogP) is 6.46. The highest BCUT2D eigenvalue weighted by molar-refractivity contribution is 7.17. The summed E-state index contributed by atoms with van der Waals surface area (Å²) in [5, 5.41) is 15.0. The van der Waals surface area contributed by atoms with Gasteiger partial charge in [0.15, 0.2) is 5.82 Å². The van der Waals surface area contributed by atoms with Gasteiger partial charge in [0.05, 0.1) is 16.7 Å². The van der Waals surface area contributed by atoms with Gasteiger partial charge in [-0.05, 0) is 47.2 Å². The van der Waals surface area contributed by atoms with Crippen molar-refractivity contribution in [1.82, 2.24) is 14.8 Å². The van der Waals surface area contributed by atoms with E-state index in [0.717, 1.165) is 28.1 Å². The number of hydrogen-bond donors (Lipinski definition) is 0. The smallest absolute Gasteiger partial charge is 0.160 e. The van der Waals surface area contributed by atoms with Crippen molar-refractivity contribution in [2.45, 2.75) is 0 Å². The maximum absolute atomic E-state index is 4.58. The molecule has 3 aromatic heterocycles. The Balaban J connectivity index is 1.62. The van der Waals surface area contributed by atoms with Crippen molar-refractivity contribution < 1.29 is 0 Å². The average Bonchev–Trinajstić information content (AvgIpc) is 3.35. The van der Waals surface area contributed by atoms with E-state index in [1.165, 1.54) is 20.9 Å². The molecule has 0 unspecified atom stereocenters. The molecule has 4 heteroatoms. The lowest BCUT2D eigenvalue weighted by Gasteiger charge is -2.07. The Labute approximate surface area is 165 Å². The van der Waals surface area contributed by atoms with Gasteiger partial charge in [-0.15, -0.1) is 21.5 Å². The lowest BCUT2D eigenvalue weighted by atomic mass is 10.1. The summed E-state index contributed by atoms with van der Waals surface area (Å²) in [6.07, 6.45) is 0. The highest BCUT2D eigenvalue weighted by Crippen LogP contribution is 2.35. The molecule has 3 aromatic carbocycles. The minimum absolute atomic E-state index is 0.835. The molecule has 0 atom stereocenters. The fourth-order valence-electron chi connectivity index (χ4n) is 3.88. The molecular formula is C24H15N3S. The van der Waals surface area contributed by atoms with E-state index in [1.54, 1.807) is 11.3 Å². The van der Waals surface area contributed by atoms with Crippen LogP contribution in [0.5, 0.6) is 0 Å². The number of benzene rings is 3. The van der Waals surface area contributed by atoms with Gasteiger partial charge in [-0.2, -0.15) is 0 Å². The fraction of sp³-hybridized carbons (Fsp3) is 0. The summed E-state index contributed by atoms with van der Waals surface area (Å²) in [6, 6.07) is 29.5. The lowest BCUT2D eigenvalue weighted by molar-refractivity contribution is 0.958. The van der Waals surface area contributed by atoms with Crippen LogP contribution in [0.2, 0.25) is 0 Å². The van der Waals surface area contributed by atoms with Crippen LogP contribution in [0, 0.1) is 0 Å². The second-order valence-electron chi connectivity index (χ2n) is 6.82. The van der Waals surface area contributed by atoms with E-state index < -0.39 is 0 Å². The molecule has 132 valence electrons. The molecule has 3 heterocycles. The summed E-state index contributed by atoms with van der Waals surface area (Å²) in [6.45, 7) is 0. The zero-order chi connectivity index (χ0) is 18.5. The van der Waals surface area contributed by atoms with Gasteiger partial charge < -0.3 is 0 Å². The van der Waals surface area contributed by atoms with Crippen LogP contribution in [-0.4, -0.2) is 14.8 Å². The van der Waals surface area contributed by atoms with E-state index in [4.69, 9.17) is 0 Å². The number of thiophene rings is 1. The third kappa shape index (κ3) is 2.28. The normalized spacial score (nSPS) is 11.6. The highest BCUT2D eigenvalue weighted by Gasteiger charge is 2.14. The quantitative estimate of drug-likeness (QED) is 0.347. The van der Waals surface area contributed by atoms with E-state index in [9.17, 15) is 0 Å². The second-order valence-corrected chi connectivity index (χ2v) is 7.77. The predicted molar refractivity (Wildman–Crippen MR) is 117 cm³/mol. The van der Waals surface area contributed by atoms with E-state index in [2.05, 4.69) is 80.8 Å². The lowest BCUT2D eigenvalue weighted by Crippen LogP contribution is -1.99. The van der Waals surface area contributed by atoms with Crippen molar-refractivity contribution in [3.63, 3.8) is 0 Å². The van der Waals surface area contributed by atoms with Gasteiger partial charge in [0.25, 0.3) is 0 Å². The molecule has 0 amide bonds. The SMILES string of the molecule is c1ccc(-c2ccc(-n3c4ccccc4c4cc5ccsc5cc43)nn2)cc1. The molecule has 0 aliphatic carbocycles. The van der Waals surface area contributed by atoms with Gasteiger partial charge in [-0.25, -0.2) is 0 Å². The molecule has 6 rings (SSSR count). The molecule has 28 heavy (non-hydrogen) atoms. The van der Waals surface area contributed by atoms with Crippen molar-refractivity contribution in [3.05, 3.63) is 90.3 Å². The Hall–Kier alpha value is -3.50. The summed E-state index contributed by atoms with van der Waals surface area (Å²) < 4.78 is 3.50. The molecule has 3 nitrogen and oxygen atoms in total. The van der Waals surface area contributed by atoms with Crippen LogP contribution in [0.15, 0.2) is 90.3 Å². The van der Waals surface area contributed by atoms with E-state index in [1.807, 2.05) is 24.3 Å². The maximum Gasteiger partial charge on any atom is 0.160 e. The minimum Gasteiger partial charge on any atom is -0.292 e. The van der Waals surface area contributed by atoms with Crippen LogP contribution in [-0.2, 0) is 0 Å². The van der Waals surface area contributed by atoms with Crippen molar-refractivity contribution in [2.24, 2.45) is 0 Å². The summed E-state index contributed by atoms with van der Waals surface area (Å²) in [5.74, 6) is 0.835. The molecule has 0 saturated heterocycles. The molecule has 0 aliphatic rings. The summed E-state index contributed by atoms with van der Waals surface area (Å²) in [7, 11) is 0. The molecule has 0 radical (unpaired) electrons. The Bertz CT molecular complexity index is 1440. The number of nitrogens with zero attached hydrogens (tertiary/aromatic N) is 3. The van der Waals surface area contributed by atoms with E-state index >= 15 is 0 Å². The Kier molecular flexibility index (Phi) is 3.34. The van der Waals surface area contributed by atoms with Gasteiger partial charge in [0.2, 0.25) is 0 Å². The van der Waals surface area contributed by atoms with Gasteiger partial charge in [-0.3, -0.25) is 4.57 Å². The molecule has 0 N–H and O–H groups in total. The van der Waals surface area contributed by atoms with Crippen LogP contribution >= 0.6 is 11.3 Å². The third-order valence-corrected chi connectivity index (χ3v) is 6.08. The molecule has 0 bridgehead atoms. The number of fused-ring (bicyclic) bond motifs is 4. The van der Waals surface area contributed by atoms with Crippen LogP contribution in [0.25, 0.3) is 49.0 Å². The zero-order valence-electron chi connectivity index (χ0n) is 14.9. The molecule has 6 aromatic rings. The monoisotopic (exact) mass is 377 g/mol. The Morgan fingerprint density at radius 3 is 2.39 bits per heavy atom. The first-order valence-corrected chi connectivity index (χ1v) is 10.1. The second kappa shape index (κ2) is 6.01. The van der Waals surface area contributed by atoms with E-state index in [0.29, 0.717) is 0 Å². The summed E-state index contributed by atoms with van der Waals surface area (Å²) in [4.78, 5) is 0. The van der Waals surface area contributed by atoms with Gasteiger partial charge in [-0.1, -0.05) is 48.5 Å². The number of hydrogen-bond acceptors (Lipinski definition) is 3. The van der Waals surface area contributed by atoms with Gasteiger partial charge in [0, 0.05) is 21.0 Å². The van der Waals surface area contributed by atoms with Crippen LogP contribution < -0.4 is 0 Å². The van der Waals surface area contributed by atoms with Crippen molar-refractivity contribution in [3.8, 4) is 17.1 Å². The standard InChI is InChI=1S/C24H15N3S/c1-2-6-16(7-3-1)20-10-11-24(26-25-20)27-21-9-5-4-8-18(21)19-14-17-12-13-28-23(17)15-22(19)27/h1-15H. The first-order chi connectivity index (χ1) is 13.9. The van der Waals surface area contributed by atoms with E-state index in [-0.39, 0.29) is 0 Å². The number of para-hydroxylation sites is 1. The van der Waals surface area contributed by atoms with Crippen LogP contribution in [0.3, 0.4) is 0 Å². The average molecular weight is 377 g/mol. The molecule has 0 saturated carbocycles. The fourth-order valence-corrected chi connectivity index (χ4v) is 4.68. The Morgan fingerprint density at radius 2 is 1.54 bits per heavy atom. The summed E-state index contributed by atoms with van der Waals surface area (Å²) >= 11 is 1.77. The third-order valence-electron chi connectivity index (χ3n) is 5.20. The van der Waals surface area contributed by atoms with Gasteiger partial charge in [0.1, 0.15) is 0 Å². The van der Waals surface area contributed by atoms with Crippen LogP contribution in [0.4, 0.5) is 0 Å². The molecule has 0 fully saturated rings. The zero-order valence-corrected chi connectivity index (χ0v) is 15.7. The van der Waals surface area contributed by atoms with Crippen molar-refractivity contribution in [1.29, 1.82) is 0 Å².